The second-order valence-electron chi connectivity index (χ2n) is 6.73. The van der Waals surface area contributed by atoms with Crippen molar-refractivity contribution in [3.63, 3.8) is 0 Å². The predicted molar refractivity (Wildman–Crippen MR) is 108 cm³/mol. The van der Waals surface area contributed by atoms with E-state index in [0.717, 1.165) is 34.3 Å². The lowest BCUT2D eigenvalue weighted by molar-refractivity contribution is -0.125. The molecule has 3 aromatic rings. The molecule has 1 amide bonds. The number of likely N-dealkylation sites (tertiary alicyclic amines) is 1. The molecule has 0 radical (unpaired) electrons. The molecule has 2 aromatic heterocycles. The van der Waals surface area contributed by atoms with Gasteiger partial charge < -0.3 is 15.2 Å². The molecule has 1 saturated heterocycles. The molecule has 1 aliphatic heterocycles. The van der Waals surface area contributed by atoms with E-state index in [-0.39, 0.29) is 11.9 Å². The molecule has 1 unspecified atom stereocenters. The maximum atomic E-state index is 12.0. The van der Waals surface area contributed by atoms with Crippen molar-refractivity contribution in [3.05, 3.63) is 54.0 Å². The van der Waals surface area contributed by atoms with E-state index in [1.807, 2.05) is 29.2 Å². The summed E-state index contributed by atoms with van der Waals surface area (Å²) in [6.07, 6.45) is 3.71. The van der Waals surface area contributed by atoms with Gasteiger partial charge in [-0.05, 0) is 37.1 Å². The summed E-state index contributed by atoms with van der Waals surface area (Å²) in [6, 6.07) is 7.80. The summed E-state index contributed by atoms with van der Waals surface area (Å²) in [5.74, 6) is 0.405. The summed E-state index contributed by atoms with van der Waals surface area (Å²) in [4.78, 5) is 22.5. The molecule has 7 heteroatoms. The fourth-order valence-corrected chi connectivity index (χ4v) is 4.10. The Morgan fingerprint density at radius 1 is 1.33 bits per heavy atom. The second-order valence-corrected chi connectivity index (χ2v) is 7.16. The fraction of sp³-hybridized carbons (Fsp3) is 0.250. The molecule has 1 atom stereocenters. The Kier molecular flexibility index (Phi) is 4.36. The van der Waals surface area contributed by atoms with Crippen molar-refractivity contribution in [3.8, 4) is 11.1 Å². The van der Waals surface area contributed by atoms with Gasteiger partial charge in [0.1, 0.15) is 17.8 Å². The number of anilines is 1. The molecule has 3 heterocycles. The van der Waals surface area contributed by atoms with Gasteiger partial charge >= 0.3 is 0 Å². The minimum absolute atomic E-state index is 0.0429. The van der Waals surface area contributed by atoms with E-state index in [2.05, 4.69) is 28.0 Å². The largest absolute Gasteiger partial charge is 0.383 e. The fourth-order valence-electron chi connectivity index (χ4n) is 3.97. The van der Waals surface area contributed by atoms with Crippen molar-refractivity contribution < 1.29 is 4.79 Å². The third kappa shape index (κ3) is 2.86. The molecule has 0 aliphatic carbocycles. The van der Waals surface area contributed by atoms with E-state index in [9.17, 15) is 4.79 Å². The van der Waals surface area contributed by atoms with E-state index < -0.39 is 0 Å². The van der Waals surface area contributed by atoms with Crippen LogP contribution < -0.4 is 5.73 Å². The molecular formula is C20H20ClN5O. The molecule has 27 heavy (non-hydrogen) atoms. The van der Waals surface area contributed by atoms with E-state index in [1.54, 1.807) is 0 Å². The number of fused-ring (bicyclic) bond motifs is 1. The van der Waals surface area contributed by atoms with Gasteiger partial charge in [0.2, 0.25) is 5.91 Å². The lowest BCUT2D eigenvalue weighted by atomic mass is 10.0. The van der Waals surface area contributed by atoms with Crippen LogP contribution in [-0.4, -0.2) is 38.4 Å². The van der Waals surface area contributed by atoms with Gasteiger partial charge in [0.05, 0.1) is 11.4 Å². The molecule has 4 rings (SSSR count). The van der Waals surface area contributed by atoms with Gasteiger partial charge in [0.15, 0.2) is 0 Å². The van der Waals surface area contributed by atoms with Gasteiger partial charge in [-0.25, -0.2) is 9.97 Å². The van der Waals surface area contributed by atoms with Gasteiger partial charge in [-0.15, -0.1) is 0 Å². The molecule has 6 nitrogen and oxygen atoms in total. The average molecular weight is 382 g/mol. The highest BCUT2D eigenvalue weighted by molar-refractivity contribution is 6.30. The minimum atomic E-state index is -0.0429. The zero-order valence-corrected chi connectivity index (χ0v) is 15.8. The topological polar surface area (TPSA) is 77.0 Å². The number of amides is 1. The Labute approximate surface area is 162 Å². The Morgan fingerprint density at radius 3 is 2.78 bits per heavy atom. The molecule has 1 fully saturated rings. The third-order valence-electron chi connectivity index (χ3n) is 5.21. The first-order valence-corrected chi connectivity index (χ1v) is 9.17. The maximum absolute atomic E-state index is 12.0. The van der Waals surface area contributed by atoms with Gasteiger partial charge in [0, 0.05) is 29.4 Å². The van der Waals surface area contributed by atoms with Crippen LogP contribution in [0, 0.1) is 6.92 Å². The Hall–Kier alpha value is -2.86. The minimum Gasteiger partial charge on any atom is -0.383 e. The number of hydrogen-bond donors (Lipinski definition) is 1. The highest BCUT2D eigenvalue weighted by atomic mass is 35.5. The predicted octanol–water partition coefficient (Wildman–Crippen LogP) is 3.60. The SMILES string of the molecule is C=CC(=O)N1CCC(n2c(C)c(-c3ccc(Cl)cc3)c3c(N)ncnc32)C1. The lowest BCUT2D eigenvalue weighted by Crippen LogP contribution is -2.27. The Morgan fingerprint density at radius 2 is 2.07 bits per heavy atom. The summed E-state index contributed by atoms with van der Waals surface area (Å²) in [5, 5.41) is 1.52. The van der Waals surface area contributed by atoms with Crippen LogP contribution in [0.5, 0.6) is 0 Å². The van der Waals surface area contributed by atoms with Crippen LogP contribution in [-0.2, 0) is 4.79 Å². The van der Waals surface area contributed by atoms with Crippen LogP contribution >= 0.6 is 11.6 Å². The normalized spacial score (nSPS) is 16.8. The molecule has 0 saturated carbocycles. The van der Waals surface area contributed by atoms with Crippen molar-refractivity contribution in [2.45, 2.75) is 19.4 Å². The van der Waals surface area contributed by atoms with Crippen LogP contribution in [0.4, 0.5) is 5.82 Å². The highest BCUT2D eigenvalue weighted by Gasteiger charge is 2.30. The molecule has 1 aromatic carbocycles. The molecule has 2 N–H and O–H groups in total. The van der Waals surface area contributed by atoms with E-state index >= 15 is 0 Å². The van der Waals surface area contributed by atoms with Crippen molar-refractivity contribution in [2.75, 3.05) is 18.8 Å². The number of benzene rings is 1. The Bertz CT molecular complexity index is 1040. The number of nitrogens with zero attached hydrogens (tertiary/aromatic N) is 4. The monoisotopic (exact) mass is 381 g/mol. The number of carbonyl (C=O) groups is 1. The summed E-state index contributed by atoms with van der Waals surface area (Å²) < 4.78 is 2.19. The smallest absolute Gasteiger partial charge is 0.246 e. The first-order chi connectivity index (χ1) is 13.0. The molecule has 138 valence electrons. The van der Waals surface area contributed by atoms with Crippen molar-refractivity contribution in [1.82, 2.24) is 19.4 Å². The quantitative estimate of drug-likeness (QED) is 0.703. The molecule has 1 aliphatic rings. The third-order valence-corrected chi connectivity index (χ3v) is 5.46. The zero-order chi connectivity index (χ0) is 19.1. The standard InChI is InChI=1S/C20H20ClN5O/c1-3-16(27)25-9-8-15(10-25)26-12(2)17(13-4-6-14(21)7-5-13)18-19(22)23-11-24-20(18)26/h3-7,11,15H,1,8-10H2,2H3,(H2,22,23,24). The van der Waals surface area contributed by atoms with Crippen molar-refractivity contribution in [1.29, 1.82) is 0 Å². The van der Waals surface area contributed by atoms with Crippen LogP contribution in [0.25, 0.3) is 22.2 Å². The first-order valence-electron chi connectivity index (χ1n) is 8.79. The number of nitrogen functional groups attached to an aromatic ring is 1. The van der Waals surface area contributed by atoms with Crippen LogP contribution in [0.15, 0.2) is 43.2 Å². The summed E-state index contributed by atoms with van der Waals surface area (Å²) >= 11 is 6.06. The van der Waals surface area contributed by atoms with E-state index in [4.69, 9.17) is 17.3 Å². The number of halogens is 1. The lowest BCUT2D eigenvalue weighted by Gasteiger charge is -2.18. The summed E-state index contributed by atoms with van der Waals surface area (Å²) in [7, 11) is 0. The van der Waals surface area contributed by atoms with Crippen molar-refractivity contribution >= 4 is 34.4 Å². The number of nitrogens with two attached hydrogens (primary N) is 1. The number of hydrogen-bond acceptors (Lipinski definition) is 4. The van der Waals surface area contributed by atoms with Gasteiger partial charge in [-0.3, -0.25) is 4.79 Å². The van der Waals surface area contributed by atoms with Gasteiger partial charge in [0.25, 0.3) is 0 Å². The zero-order valence-electron chi connectivity index (χ0n) is 15.0. The van der Waals surface area contributed by atoms with Crippen LogP contribution in [0.3, 0.4) is 0 Å². The second kappa shape index (κ2) is 6.70. The highest BCUT2D eigenvalue weighted by Crippen LogP contribution is 2.39. The number of carbonyl (C=O) groups excluding carboxylic acids is 1. The van der Waals surface area contributed by atoms with Crippen LogP contribution in [0.2, 0.25) is 5.02 Å². The number of aromatic nitrogens is 3. The van der Waals surface area contributed by atoms with Crippen molar-refractivity contribution in [2.24, 2.45) is 0 Å². The summed E-state index contributed by atoms with van der Waals surface area (Å²) in [5.41, 5.74) is 10.1. The van der Waals surface area contributed by atoms with Gasteiger partial charge in [-0.2, -0.15) is 0 Å². The van der Waals surface area contributed by atoms with Gasteiger partial charge in [-0.1, -0.05) is 30.3 Å². The molecule has 0 spiro atoms. The van der Waals surface area contributed by atoms with Crippen LogP contribution in [0.1, 0.15) is 18.2 Å². The van der Waals surface area contributed by atoms with E-state index in [1.165, 1.54) is 12.4 Å². The number of rotatable bonds is 3. The average Bonchev–Trinajstić information content (AvgIpc) is 3.25. The van der Waals surface area contributed by atoms with E-state index in [0.29, 0.717) is 23.9 Å². The first kappa shape index (κ1) is 17.5. The summed E-state index contributed by atoms with van der Waals surface area (Å²) in [6.45, 7) is 6.97. The Balaban J connectivity index is 1.89. The molecule has 0 bridgehead atoms. The molecular weight excluding hydrogens is 362 g/mol. The maximum Gasteiger partial charge on any atom is 0.246 e.